The number of carbonyl (C=O) groups excluding carboxylic acids is 2. The van der Waals surface area contributed by atoms with Gasteiger partial charge in [0.2, 0.25) is 11.8 Å². The zero-order valence-corrected chi connectivity index (χ0v) is 12.5. The maximum Gasteiger partial charge on any atom is 0.236 e. The standard InChI is InChI=1S/C15H16N6O2/c1-21-7-18-13(20-21)8-2-3-10-9(4-8)15(14(23)19-10)5-11(12(16)22)17-6-15/h2-4,7,11,17H,5-6H2,1H3,(H2,16,22)(H,19,23)/t11-,15-/m0/s1. The largest absolute Gasteiger partial charge is 0.368 e. The first-order valence-corrected chi connectivity index (χ1v) is 7.34. The second-order valence-corrected chi connectivity index (χ2v) is 6.08. The van der Waals surface area contributed by atoms with Crippen LogP contribution in [0.4, 0.5) is 5.69 Å². The van der Waals surface area contributed by atoms with Gasteiger partial charge in [-0.05, 0) is 30.2 Å². The van der Waals surface area contributed by atoms with E-state index in [9.17, 15) is 9.59 Å². The SMILES string of the molecule is Cn1cnc(-c2ccc3c(c2)[C@]2(CN[C@H](C(N)=O)C2)C(=O)N3)n1. The number of carbonyl (C=O) groups is 2. The Bertz CT molecular complexity index is 829. The van der Waals surface area contributed by atoms with Crippen molar-refractivity contribution >= 4 is 17.5 Å². The van der Waals surface area contributed by atoms with Crippen molar-refractivity contribution in [2.75, 3.05) is 11.9 Å². The summed E-state index contributed by atoms with van der Waals surface area (Å²) in [5.41, 5.74) is 7.08. The molecule has 118 valence electrons. The maximum absolute atomic E-state index is 12.5. The molecule has 4 rings (SSSR count). The number of nitrogens with two attached hydrogens (primary N) is 1. The lowest BCUT2D eigenvalue weighted by molar-refractivity contribution is -0.120. The molecular formula is C15H16N6O2. The molecule has 1 fully saturated rings. The van der Waals surface area contributed by atoms with E-state index in [2.05, 4.69) is 20.7 Å². The normalized spacial score (nSPS) is 25.6. The van der Waals surface area contributed by atoms with Crippen LogP contribution in [0.25, 0.3) is 11.4 Å². The lowest BCUT2D eigenvalue weighted by atomic mass is 9.79. The minimum Gasteiger partial charge on any atom is -0.368 e. The molecular weight excluding hydrogens is 296 g/mol. The number of aromatic nitrogens is 3. The topological polar surface area (TPSA) is 115 Å². The zero-order chi connectivity index (χ0) is 16.2. The van der Waals surface area contributed by atoms with Crippen LogP contribution in [-0.2, 0) is 22.1 Å². The Morgan fingerprint density at radius 3 is 2.96 bits per heavy atom. The number of fused-ring (bicyclic) bond motifs is 2. The molecule has 1 saturated heterocycles. The highest BCUT2D eigenvalue weighted by Gasteiger charge is 2.52. The number of aryl methyl sites for hydroxylation is 1. The lowest BCUT2D eigenvalue weighted by Crippen LogP contribution is -2.36. The van der Waals surface area contributed by atoms with Crippen LogP contribution in [0.2, 0.25) is 0 Å². The van der Waals surface area contributed by atoms with Crippen LogP contribution in [0.3, 0.4) is 0 Å². The summed E-state index contributed by atoms with van der Waals surface area (Å²) in [5, 5.41) is 10.2. The summed E-state index contributed by atoms with van der Waals surface area (Å²) in [6.45, 7) is 0.387. The molecule has 1 spiro atoms. The maximum atomic E-state index is 12.5. The van der Waals surface area contributed by atoms with Crippen molar-refractivity contribution < 1.29 is 9.59 Å². The first kappa shape index (κ1) is 13.9. The molecule has 2 amide bonds. The van der Waals surface area contributed by atoms with Crippen molar-refractivity contribution in [2.24, 2.45) is 12.8 Å². The number of nitrogens with one attached hydrogen (secondary N) is 2. The fourth-order valence-corrected chi connectivity index (χ4v) is 3.39. The third-order valence-electron chi connectivity index (χ3n) is 4.62. The second kappa shape index (κ2) is 4.63. The quantitative estimate of drug-likeness (QED) is 0.693. The fourth-order valence-electron chi connectivity index (χ4n) is 3.39. The molecule has 0 saturated carbocycles. The molecule has 2 aromatic rings. The Morgan fingerprint density at radius 2 is 2.30 bits per heavy atom. The Kier molecular flexibility index (Phi) is 2.79. The van der Waals surface area contributed by atoms with E-state index in [1.54, 1.807) is 18.1 Å². The summed E-state index contributed by atoms with van der Waals surface area (Å²) in [6.07, 6.45) is 1.99. The molecule has 0 unspecified atom stereocenters. The van der Waals surface area contributed by atoms with Crippen molar-refractivity contribution in [1.82, 2.24) is 20.1 Å². The van der Waals surface area contributed by atoms with Crippen molar-refractivity contribution in [3.63, 3.8) is 0 Å². The van der Waals surface area contributed by atoms with Gasteiger partial charge in [0.15, 0.2) is 5.82 Å². The van der Waals surface area contributed by atoms with E-state index in [1.165, 1.54) is 0 Å². The van der Waals surface area contributed by atoms with Gasteiger partial charge in [0, 0.05) is 24.8 Å². The molecule has 2 aliphatic heterocycles. The van der Waals surface area contributed by atoms with Gasteiger partial charge in [0.1, 0.15) is 6.33 Å². The molecule has 8 nitrogen and oxygen atoms in total. The van der Waals surface area contributed by atoms with Gasteiger partial charge in [-0.3, -0.25) is 14.3 Å². The van der Waals surface area contributed by atoms with Crippen molar-refractivity contribution in [3.8, 4) is 11.4 Å². The van der Waals surface area contributed by atoms with E-state index in [0.717, 1.165) is 16.8 Å². The van der Waals surface area contributed by atoms with Crippen LogP contribution in [0, 0.1) is 0 Å². The summed E-state index contributed by atoms with van der Waals surface area (Å²) >= 11 is 0. The van der Waals surface area contributed by atoms with Crippen LogP contribution >= 0.6 is 0 Å². The lowest BCUT2D eigenvalue weighted by Gasteiger charge is -2.20. The highest BCUT2D eigenvalue weighted by Crippen LogP contribution is 2.44. The number of rotatable bonds is 2. The monoisotopic (exact) mass is 312 g/mol. The van der Waals surface area contributed by atoms with Crippen LogP contribution in [0.5, 0.6) is 0 Å². The van der Waals surface area contributed by atoms with Crippen LogP contribution in [0.1, 0.15) is 12.0 Å². The molecule has 8 heteroatoms. The molecule has 1 aromatic carbocycles. The molecule has 2 atom stereocenters. The third kappa shape index (κ3) is 1.95. The summed E-state index contributed by atoms with van der Waals surface area (Å²) in [5.74, 6) is 0.0581. The van der Waals surface area contributed by atoms with Gasteiger partial charge in [-0.25, -0.2) is 4.98 Å². The second-order valence-electron chi connectivity index (χ2n) is 6.08. The highest BCUT2D eigenvalue weighted by atomic mass is 16.2. The Balaban J connectivity index is 1.79. The molecule has 3 heterocycles. The minimum absolute atomic E-state index is 0.102. The number of amides is 2. The van der Waals surface area contributed by atoms with Crippen molar-refractivity contribution in [2.45, 2.75) is 17.9 Å². The Morgan fingerprint density at radius 1 is 1.48 bits per heavy atom. The smallest absolute Gasteiger partial charge is 0.236 e. The van der Waals surface area contributed by atoms with Gasteiger partial charge in [-0.2, -0.15) is 5.10 Å². The highest BCUT2D eigenvalue weighted by molar-refractivity contribution is 6.07. The Labute approximate surface area is 132 Å². The van der Waals surface area contributed by atoms with Crippen LogP contribution in [-0.4, -0.2) is 39.2 Å². The molecule has 0 radical (unpaired) electrons. The van der Waals surface area contributed by atoms with E-state index in [4.69, 9.17) is 5.73 Å². The molecule has 0 bridgehead atoms. The first-order valence-electron chi connectivity index (χ1n) is 7.34. The summed E-state index contributed by atoms with van der Waals surface area (Å²) in [7, 11) is 1.80. The summed E-state index contributed by atoms with van der Waals surface area (Å²) in [4.78, 5) is 28.2. The molecule has 4 N–H and O–H groups in total. The van der Waals surface area contributed by atoms with Crippen LogP contribution < -0.4 is 16.4 Å². The number of hydrogen-bond acceptors (Lipinski definition) is 5. The number of hydrogen-bond donors (Lipinski definition) is 3. The average Bonchev–Trinajstić information content (AvgIpc) is 3.20. The summed E-state index contributed by atoms with van der Waals surface area (Å²) < 4.78 is 1.63. The summed E-state index contributed by atoms with van der Waals surface area (Å²) in [6, 6.07) is 5.16. The molecule has 2 aliphatic rings. The van der Waals surface area contributed by atoms with Gasteiger partial charge in [0.05, 0.1) is 11.5 Å². The number of benzene rings is 1. The van der Waals surface area contributed by atoms with Gasteiger partial charge in [-0.15, -0.1) is 0 Å². The van der Waals surface area contributed by atoms with Gasteiger partial charge in [-0.1, -0.05) is 0 Å². The average molecular weight is 312 g/mol. The minimum atomic E-state index is -0.764. The molecule has 0 aliphatic carbocycles. The van der Waals surface area contributed by atoms with Crippen LogP contribution in [0.15, 0.2) is 24.5 Å². The fraction of sp³-hybridized carbons (Fsp3) is 0.333. The van der Waals surface area contributed by atoms with Crippen molar-refractivity contribution in [1.29, 1.82) is 0 Å². The van der Waals surface area contributed by atoms with Crippen molar-refractivity contribution in [3.05, 3.63) is 30.1 Å². The van der Waals surface area contributed by atoms with Gasteiger partial charge < -0.3 is 16.4 Å². The number of anilines is 1. The van der Waals surface area contributed by atoms with E-state index in [1.807, 2.05) is 18.2 Å². The van der Waals surface area contributed by atoms with Gasteiger partial charge >= 0.3 is 0 Å². The zero-order valence-electron chi connectivity index (χ0n) is 12.5. The first-order chi connectivity index (χ1) is 11.0. The molecule has 1 aromatic heterocycles. The predicted molar refractivity (Wildman–Crippen MR) is 82.3 cm³/mol. The third-order valence-corrected chi connectivity index (χ3v) is 4.62. The molecule has 23 heavy (non-hydrogen) atoms. The van der Waals surface area contributed by atoms with E-state index < -0.39 is 17.4 Å². The predicted octanol–water partition coefficient (Wildman–Crippen LogP) is -0.481. The number of primary amides is 1. The Hall–Kier alpha value is -2.74. The van der Waals surface area contributed by atoms with E-state index in [-0.39, 0.29) is 5.91 Å². The number of nitrogens with zero attached hydrogens (tertiary/aromatic N) is 3. The van der Waals surface area contributed by atoms with E-state index >= 15 is 0 Å². The van der Waals surface area contributed by atoms with Gasteiger partial charge in [0.25, 0.3) is 0 Å². The van der Waals surface area contributed by atoms with E-state index in [0.29, 0.717) is 18.8 Å².